The molecule has 2 aliphatic rings. The molecule has 4 rings (SSSR count). The first-order valence-corrected chi connectivity index (χ1v) is 10.9. The van der Waals surface area contributed by atoms with Gasteiger partial charge in [0.1, 0.15) is 0 Å². The molecular weight excluding hydrogens is 418 g/mol. The number of aromatic nitrogens is 1. The Hall–Kier alpha value is -3.61. The van der Waals surface area contributed by atoms with Gasteiger partial charge in [-0.25, -0.2) is 0 Å². The number of methoxy groups -OCH3 is 2. The average Bonchev–Trinajstić information content (AvgIpc) is 2.77. The van der Waals surface area contributed by atoms with Crippen molar-refractivity contribution >= 4 is 17.4 Å². The summed E-state index contributed by atoms with van der Waals surface area (Å²) in [6.45, 7) is 6.05. The SMILES string of the molecule is COc1ccc(C2C(C(=O)Nc3cccnc3)=C(C)NC3=C2C(=O)CC(C)(C)C3)cc1OC. The summed E-state index contributed by atoms with van der Waals surface area (Å²) >= 11 is 0. The van der Waals surface area contributed by atoms with E-state index in [2.05, 4.69) is 29.5 Å². The van der Waals surface area contributed by atoms with Crippen LogP contribution in [0, 0.1) is 5.41 Å². The van der Waals surface area contributed by atoms with Crippen molar-refractivity contribution in [3.63, 3.8) is 0 Å². The van der Waals surface area contributed by atoms with Crippen molar-refractivity contribution in [1.82, 2.24) is 10.3 Å². The predicted octanol–water partition coefficient (Wildman–Crippen LogP) is 4.34. The first-order valence-electron chi connectivity index (χ1n) is 10.9. The Morgan fingerprint density at radius 1 is 1.15 bits per heavy atom. The summed E-state index contributed by atoms with van der Waals surface area (Å²) in [5, 5.41) is 6.31. The van der Waals surface area contributed by atoms with Crippen LogP contribution in [0.2, 0.25) is 0 Å². The summed E-state index contributed by atoms with van der Waals surface area (Å²) < 4.78 is 10.9. The molecule has 33 heavy (non-hydrogen) atoms. The summed E-state index contributed by atoms with van der Waals surface area (Å²) in [6, 6.07) is 9.08. The fraction of sp³-hybridized carbons (Fsp3) is 0.346. The predicted molar refractivity (Wildman–Crippen MR) is 126 cm³/mol. The molecule has 1 aromatic carbocycles. The van der Waals surface area contributed by atoms with Crippen LogP contribution < -0.4 is 20.1 Å². The quantitative estimate of drug-likeness (QED) is 0.709. The second-order valence-corrected chi connectivity index (χ2v) is 9.24. The number of hydrogen-bond donors (Lipinski definition) is 2. The van der Waals surface area contributed by atoms with Crippen molar-refractivity contribution < 1.29 is 19.1 Å². The van der Waals surface area contributed by atoms with Crippen LogP contribution in [0.1, 0.15) is 45.1 Å². The third kappa shape index (κ3) is 4.35. The normalized spacial score (nSPS) is 19.5. The van der Waals surface area contributed by atoms with Crippen molar-refractivity contribution in [2.45, 2.75) is 39.5 Å². The van der Waals surface area contributed by atoms with Crippen LogP contribution in [-0.4, -0.2) is 30.9 Å². The highest BCUT2D eigenvalue weighted by atomic mass is 16.5. The van der Waals surface area contributed by atoms with Gasteiger partial charge in [-0.3, -0.25) is 14.6 Å². The molecule has 0 saturated heterocycles. The minimum Gasteiger partial charge on any atom is -0.493 e. The summed E-state index contributed by atoms with van der Waals surface area (Å²) in [7, 11) is 3.15. The van der Waals surface area contributed by atoms with Crippen LogP contribution in [-0.2, 0) is 9.59 Å². The Balaban J connectivity index is 1.85. The Morgan fingerprint density at radius 2 is 1.91 bits per heavy atom. The fourth-order valence-corrected chi connectivity index (χ4v) is 4.74. The van der Waals surface area contributed by atoms with Crippen LogP contribution in [0.25, 0.3) is 0 Å². The number of rotatable bonds is 5. The van der Waals surface area contributed by atoms with Gasteiger partial charge in [-0.05, 0) is 48.6 Å². The molecule has 172 valence electrons. The molecule has 0 spiro atoms. The van der Waals surface area contributed by atoms with Gasteiger partial charge in [-0.1, -0.05) is 19.9 Å². The number of ether oxygens (including phenoxy) is 2. The highest BCUT2D eigenvalue weighted by Crippen LogP contribution is 2.47. The standard InChI is InChI=1S/C26H29N3O4/c1-15-22(25(31)29-17-7-6-10-27-14-17)23(16-8-9-20(32-4)21(11-16)33-5)24-18(28-15)12-26(2,3)13-19(24)30/h6-11,14,23,28H,12-13H2,1-5H3,(H,29,31). The highest BCUT2D eigenvalue weighted by molar-refractivity contribution is 6.09. The third-order valence-corrected chi connectivity index (χ3v) is 6.14. The fourth-order valence-electron chi connectivity index (χ4n) is 4.74. The van der Waals surface area contributed by atoms with Crippen molar-refractivity contribution in [2.24, 2.45) is 5.41 Å². The third-order valence-electron chi connectivity index (χ3n) is 6.14. The van der Waals surface area contributed by atoms with Gasteiger partial charge >= 0.3 is 0 Å². The zero-order valence-corrected chi connectivity index (χ0v) is 19.6. The molecule has 1 aliphatic carbocycles. The molecule has 1 aromatic heterocycles. The van der Waals surface area contributed by atoms with Gasteiger partial charge in [0, 0.05) is 41.1 Å². The topological polar surface area (TPSA) is 89.5 Å². The van der Waals surface area contributed by atoms with Crippen LogP contribution in [0.4, 0.5) is 5.69 Å². The number of hydrogen-bond acceptors (Lipinski definition) is 6. The number of allylic oxidation sites excluding steroid dienone is 3. The molecule has 1 unspecified atom stereocenters. The lowest BCUT2D eigenvalue weighted by Gasteiger charge is -2.39. The lowest BCUT2D eigenvalue weighted by molar-refractivity contribution is -0.118. The molecule has 0 bridgehead atoms. The maximum absolute atomic E-state index is 13.5. The van der Waals surface area contributed by atoms with E-state index in [0.717, 1.165) is 23.4 Å². The van der Waals surface area contributed by atoms with Crippen molar-refractivity contribution in [3.8, 4) is 11.5 Å². The Kier molecular flexibility index (Phi) is 5.97. The van der Waals surface area contributed by atoms with Gasteiger partial charge in [0.15, 0.2) is 17.3 Å². The molecule has 2 heterocycles. The Morgan fingerprint density at radius 3 is 2.58 bits per heavy atom. The zero-order valence-electron chi connectivity index (χ0n) is 19.6. The van der Waals surface area contributed by atoms with Crippen LogP contribution >= 0.6 is 0 Å². The summed E-state index contributed by atoms with van der Waals surface area (Å²) in [5.74, 6) is 0.373. The van der Waals surface area contributed by atoms with Gasteiger partial charge in [-0.2, -0.15) is 0 Å². The van der Waals surface area contributed by atoms with E-state index < -0.39 is 5.92 Å². The number of nitrogens with zero attached hydrogens (tertiary/aromatic N) is 1. The molecule has 2 N–H and O–H groups in total. The minimum absolute atomic E-state index is 0.0488. The summed E-state index contributed by atoms with van der Waals surface area (Å²) in [5.41, 5.74) is 3.98. The number of carbonyl (C=O) groups is 2. The Bertz CT molecular complexity index is 1170. The monoisotopic (exact) mass is 447 g/mol. The number of benzene rings is 1. The number of nitrogens with one attached hydrogen (secondary N) is 2. The lowest BCUT2D eigenvalue weighted by atomic mass is 9.68. The summed E-state index contributed by atoms with van der Waals surface area (Å²) in [4.78, 5) is 31.0. The number of anilines is 1. The van der Waals surface area contributed by atoms with Crippen molar-refractivity contribution in [1.29, 1.82) is 0 Å². The molecule has 0 fully saturated rings. The Labute approximate surface area is 193 Å². The number of carbonyl (C=O) groups excluding carboxylic acids is 2. The molecule has 7 heteroatoms. The molecule has 0 saturated carbocycles. The molecule has 1 amide bonds. The van der Waals surface area contributed by atoms with Gasteiger partial charge in [0.2, 0.25) is 0 Å². The van der Waals surface area contributed by atoms with Crippen molar-refractivity contribution in [3.05, 3.63) is 70.8 Å². The van der Waals surface area contributed by atoms with Gasteiger partial charge in [0.05, 0.1) is 26.1 Å². The zero-order chi connectivity index (χ0) is 23.8. The number of amides is 1. The van der Waals surface area contributed by atoms with Gasteiger partial charge in [0.25, 0.3) is 5.91 Å². The number of dihydropyridines is 1. The molecule has 7 nitrogen and oxygen atoms in total. The van der Waals surface area contributed by atoms with E-state index in [9.17, 15) is 9.59 Å². The lowest BCUT2D eigenvalue weighted by Crippen LogP contribution is -2.39. The molecule has 1 aliphatic heterocycles. The second-order valence-electron chi connectivity index (χ2n) is 9.24. The van der Waals surface area contributed by atoms with Crippen molar-refractivity contribution in [2.75, 3.05) is 19.5 Å². The van der Waals surface area contributed by atoms with E-state index in [1.165, 1.54) is 0 Å². The largest absolute Gasteiger partial charge is 0.493 e. The van der Waals surface area contributed by atoms with E-state index in [4.69, 9.17) is 9.47 Å². The molecular formula is C26H29N3O4. The highest BCUT2D eigenvalue weighted by Gasteiger charge is 2.42. The smallest absolute Gasteiger partial charge is 0.254 e. The maximum atomic E-state index is 13.5. The molecule has 1 atom stereocenters. The number of Topliss-reactive ketones (excluding diaryl/α,β-unsaturated/α-hetero) is 1. The van der Waals surface area contributed by atoms with Crippen LogP contribution in [0.15, 0.2) is 65.3 Å². The minimum atomic E-state index is -0.527. The average molecular weight is 448 g/mol. The molecule has 2 aromatic rings. The molecule has 0 radical (unpaired) electrons. The van der Waals surface area contributed by atoms with Crippen LogP contribution in [0.5, 0.6) is 11.5 Å². The van der Waals surface area contributed by atoms with E-state index in [1.807, 2.05) is 19.1 Å². The van der Waals surface area contributed by atoms with Crippen LogP contribution in [0.3, 0.4) is 0 Å². The first-order chi connectivity index (χ1) is 15.7. The van der Waals surface area contributed by atoms with Gasteiger partial charge < -0.3 is 20.1 Å². The number of ketones is 1. The number of pyridine rings is 1. The first kappa shape index (κ1) is 22.6. The summed E-state index contributed by atoms with van der Waals surface area (Å²) in [6.07, 6.45) is 4.39. The van der Waals surface area contributed by atoms with E-state index in [0.29, 0.717) is 34.8 Å². The van der Waals surface area contributed by atoms with Gasteiger partial charge in [-0.15, -0.1) is 0 Å². The maximum Gasteiger partial charge on any atom is 0.254 e. The van der Waals surface area contributed by atoms with E-state index in [1.54, 1.807) is 44.8 Å². The second kappa shape index (κ2) is 8.73. The van der Waals surface area contributed by atoms with E-state index >= 15 is 0 Å². The van der Waals surface area contributed by atoms with E-state index in [-0.39, 0.29) is 17.1 Å².